The molecule has 0 saturated carbocycles. The fourth-order valence-electron chi connectivity index (χ4n) is 2.81. The molecule has 0 aromatic heterocycles. The van der Waals surface area contributed by atoms with Crippen LogP contribution >= 0.6 is 0 Å². The lowest BCUT2D eigenvalue weighted by Gasteiger charge is -2.37. The number of piperidine rings is 1. The van der Waals surface area contributed by atoms with Crippen molar-refractivity contribution < 1.29 is 9.13 Å². The molecule has 1 aromatic carbocycles. The first-order chi connectivity index (χ1) is 9.15. The van der Waals surface area contributed by atoms with Gasteiger partial charge in [0.15, 0.2) is 0 Å². The molecular formula is C15H23FN2O. The van der Waals surface area contributed by atoms with Gasteiger partial charge < -0.3 is 10.5 Å². The molecule has 1 heterocycles. The molecule has 1 aliphatic rings. The van der Waals surface area contributed by atoms with Gasteiger partial charge in [-0.15, -0.1) is 0 Å². The van der Waals surface area contributed by atoms with Crippen molar-refractivity contribution in [3.8, 4) is 0 Å². The molecule has 2 N–H and O–H groups in total. The monoisotopic (exact) mass is 266 g/mol. The Morgan fingerprint density at radius 1 is 1.42 bits per heavy atom. The van der Waals surface area contributed by atoms with Crippen LogP contribution in [-0.2, 0) is 4.74 Å². The van der Waals surface area contributed by atoms with Crippen molar-refractivity contribution in [1.29, 1.82) is 0 Å². The molecule has 1 saturated heterocycles. The second kappa shape index (κ2) is 6.46. The van der Waals surface area contributed by atoms with Crippen molar-refractivity contribution in [1.82, 2.24) is 4.90 Å². The highest BCUT2D eigenvalue weighted by Gasteiger charge is 2.26. The van der Waals surface area contributed by atoms with Crippen LogP contribution in [0.2, 0.25) is 0 Å². The third-order valence-electron chi connectivity index (χ3n) is 3.98. The first kappa shape index (κ1) is 14.4. The largest absolute Gasteiger partial charge is 0.381 e. The zero-order valence-electron chi connectivity index (χ0n) is 11.7. The summed E-state index contributed by atoms with van der Waals surface area (Å²) in [6.07, 6.45) is 2.30. The van der Waals surface area contributed by atoms with Gasteiger partial charge in [0, 0.05) is 38.3 Å². The summed E-state index contributed by atoms with van der Waals surface area (Å²) in [6.45, 7) is 4.24. The molecule has 4 heteroatoms. The van der Waals surface area contributed by atoms with Crippen molar-refractivity contribution in [2.45, 2.75) is 31.9 Å². The highest BCUT2D eigenvalue weighted by molar-refractivity contribution is 5.27. The van der Waals surface area contributed by atoms with Crippen LogP contribution in [0.15, 0.2) is 18.2 Å². The Bertz CT molecular complexity index is 417. The van der Waals surface area contributed by atoms with Crippen molar-refractivity contribution in [2.24, 2.45) is 5.73 Å². The van der Waals surface area contributed by atoms with Crippen LogP contribution in [0.5, 0.6) is 0 Å². The molecule has 1 atom stereocenters. The minimum atomic E-state index is -0.157. The average Bonchev–Trinajstić information content (AvgIpc) is 2.44. The summed E-state index contributed by atoms with van der Waals surface area (Å²) < 4.78 is 19.4. The molecule has 1 aromatic rings. The molecule has 1 fully saturated rings. The Balaban J connectivity index is 2.14. The summed E-state index contributed by atoms with van der Waals surface area (Å²) >= 11 is 0. The van der Waals surface area contributed by atoms with Crippen molar-refractivity contribution in [3.63, 3.8) is 0 Å². The molecule has 2 rings (SSSR count). The molecule has 3 nitrogen and oxygen atoms in total. The van der Waals surface area contributed by atoms with E-state index in [1.807, 2.05) is 13.0 Å². The Morgan fingerprint density at radius 3 is 2.68 bits per heavy atom. The Morgan fingerprint density at radius 2 is 2.11 bits per heavy atom. The fourth-order valence-corrected chi connectivity index (χ4v) is 2.81. The van der Waals surface area contributed by atoms with Gasteiger partial charge in [-0.25, -0.2) is 4.39 Å². The van der Waals surface area contributed by atoms with Gasteiger partial charge in [-0.05, 0) is 25.8 Å². The molecule has 1 unspecified atom stereocenters. The number of rotatable bonds is 4. The molecular weight excluding hydrogens is 243 g/mol. The number of hydrogen-bond acceptors (Lipinski definition) is 3. The Kier molecular flexibility index (Phi) is 4.91. The van der Waals surface area contributed by atoms with Gasteiger partial charge in [0.05, 0.1) is 6.10 Å². The third-order valence-corrected chi connectivity index (χ3v) is 3.98. The van der Waals surface area contributed by atoms with Gasteiger partial charge in [-0.1, -0.05) is 17.7 Å². The topological polar surface area (TPSA) is 38.5 Å². The quantitative estimate of drug-likeness (QED) is 0.908. The number of nitrogens with zero attached hydrogens (tertiary/aromatic N) is 1. The highest BCUT2D eigenvalue weighted by atomic mass is 19.1. The standard InChI is InChI=1S/C15H23FN2O/c1-11-3-4-14(16)13(9-11)15(10-17)18-7-5-12(19-2)6-8-18/h3-4,9,12,15H,5-8,10,17H2,1-2H3. The summed E-state index contributed by atoms with van der Waals surface area (Å²) in [5, 5.41) is 0. The minimum Gasteiger partial charge on any atom is -0.381 e. The van der Waals surface area contributed by atoms with Crippen molar-refractivity contribution in [3.05, 3.63) is 35.1 Å². The zero-order chi connectivity index (χ0) is 13.8. The predicted molar refractivity (Wildman–Crippen MR) is 74.5 cm³/mol. The normalized spacial score (nSPS) is 19.6. The summed E-state index contributed by atoms with van der Waals surface area (Å²) in [6, 6.07) is 5.21. The maximum absolute atomic E-state index is 14.0. The summed E-state index contributed by atoms with van der Waals surface area (Å²) in [5.74, 6) is -0.157. The number of aryl methyl sites for hydroxylation is 1. The van der Waals surface area contributed by atoms with E-state index in [0.29, 0.717) is 12.6 Å². The van der Waals surface area contributed by atoms with E-state index in [1.54, 1.807) is 13.2 Å². The summed E-state index contributed by atoms with van der Waals surface area (Å²) in [7, 11) is 1.75. The molecule has 0 radical (unpaired) electrons. The molecule has 106 valence electrons. The Labute approximate surface area is 114 Å². The van der Waals surface area contributed by atoms with Crippen LogP contribution in [-0.4, -0.2) is 37.7 Å². The van der Waals surface area contributed by atoms with Crippen molar-refractivity contribution >= 4 is 0 Å². The lowest BCUT2D eigenvalue weighted by Crippen LogP contribution is -2.42. The average molecular weight is 266 g/mol. The molecule has 0 amide bonds. The third kappa shape index (κ3) is 3.32. The van der Waals surface area contributed by atoms with Gasteiger partial charge in [0.1, 0.15) is 5.82 Å². The lowest BCUT2D eigenvalue weighted by molar-refractivity contribution is 0.0275. The van der Waals surface area contributed by atoms with E-state index in [2.05, 4.69) is 4.90 Å². The van der Waals surface area contributed by atoms with Crippen LogP contribution in [0.1, 0.15) is 30.0 Å². The highest BCUT2D eigenvalue weighted by Crippen LogP contribution is 2.27. The number of benzene rings is 1. The van der Waals surface area contributed by atoms with Gasteiger partial charge in [-0.2, -0.15) is 0 Å². The second-order valence-electron chi connectivity index (χ2n) is 5.25. The fraction of sp³-hybridized carbons (Fsp3) is 0.600. The van der Waals surface area contributed by atoms with Crippen LogP contribution < -0.4 is 5.73 Å². The Hall–Kier alpha value is -0.970. The number of likely N-dealkylation sites (tertiary alicyclic amines) is 1. The van der Waals surface area contributed by atoms with Crippen molar-refractivity contribution in [2.75, 3.05) is 26.7 Å². The SMILES string of the molecule is COC1CCN(C(CN)c2cc(C)ccc2F)CC1. The van der Waals surface area contributed by atoms with E-state index in [-0.39, 0.29) is 11.9 Å². The van der Waals surface area contributed by atoms with Crippen LogP contribution in [0.25, 0.3) is 0 Å². The smallest absolute Gasteiger partial charge is 0.128 e. The molecule has 0 bridgehead atoms. The van der Waals surface area contributed by atoms with E-state index in [0.717, 1.165) is 37.1 Å². The van der Waals surface area contributed by atoms with E-state index in [9.17, 15) is 4.39 Å². The lowest BCUT2D eigenvalue weighted by atomic mass is 9.98. The zero-order valence-corrected chi connectivity index (χ0v) is 11.7. The van der Waals surface area contributed by atoms with Crippen LogP contribution in [0, 0.1) is 12.7 Å². The number of nitrogens with two attached hydrogens (primary N) is 1. The molecule has 19 heavy (non-hydrogen) atoms. The van der Waals surface area contributed by atoms with Gasteiger partial charge in [-0.3, -0.25) is 4.90 Å². The predicted octanol–water partition coefficient (Wildman–Crippen LogP) is 2.24. The first-order valence-corrected chi connectivity index (χ1v) is 6.88. The molecule has 0 aliphatic carbocycles. The van der Waals surface area contributed by atoms with Gasteiger partial charge in [0.25, 0.3) is 0 Å². The van der Waals surface area contributed by atoms with Crippen LogP contribution in [0.3, 0.4) is 0 Å². The van der Waals surface area contributed by atoms with E-state index < -0.39 is 0 Å². The first-order valence-electron chi connectivity index (χ1n) is 6.88. The maximum atomic E-state index is 14.0. The van der Waals surface area contributed by atoms with Gasteiger partial charge >= 0.3 is 0 Å². The van der Waals surface area contributed by atoms with E-state index >= 15 is 0 Å². The number of ether oxygens (including phenoxy) is 1. The summed E-state index contributed by atoms with van der Waals surface area (Å²) in [5.41, 5.74) is 7.67. The van der Waals surface area contributed by atoms with Gasteiger partial charge in [0.2, 0.25) is 0 Å². The number of hydrogen-bond donors (Lipinski definition) is 1. The molecule has 1 aliphatic heterocycles. The van der Waals surface area contributed by atoms with E-state index in [4.69, 9.17) is 10.5 Å². The number of halogens is 1. The van der Waals surface area contributed by atoms with Crippen LogP contribution in [0.4, 0.5) is 4.39 Å². The van der Waals surface area contributed by atoms with E-state index in [1.165, 1.54) is 6.07 Å². The second-order valence-corrected chi connectivity index (χ2v) is 5.25. The maximum Gasteiger partial charge on any atom is 0.128 e. The summed E-state index contributed by atoms with van der Waals surface area (Å²) in [4.78, 5) is 2.27. The molecule has 0 spiro atoms. The minimum absolute atomic E-state index is 0.0299. The number of methoxy groups -OCH3 is 1.